The van der Waals surface area contributed by atoms with Crippen LogP contribution in [-0.2, 0) is 28.6 Å². The molecule has 0 aromatic carbocycles. The summed E-state index contributed by atoms with van der Waals surface area (Å²) in [5.74, 6) is -0.882. The van der Waals surface area contributed by atoms with Crippen LogP contribution in [0.3, 0.4) is 0 Å². The maximum absolute atomic E-state index is 12.8. The summed E-state index contributed by atoms with van der Waals surface area (Å²) in [5, 5.41) is 0. The van der Waals surface area contributed by atoms with Gasteiger partial charge in [-0.05, 0) is 70.6 Å². The fourth-order valence-electron chi connectivity index (χ4n) is 10.1. The highest BCUT2D eigenvalue weighted by molar-refractivity contribution is 5.71. The number of carbonyl (C=O) groups is 3. The Morgan fingerprint density at radius 1 is 0.266 bits per heavy atom. The molecule has 0 rings (SSSR count). The Hall–Kier alpha value is -3.15. The van der Waals surface area contributed by atoms with Gasteiger partial charge in [-0.3, -0.25) is 14.4 Å². The van der Waals surface area contributed by atoms with Crippen molar-refractivity contribution in [1.29, 1.82) is 0 Å². The molecule has 0 amide bonds. The highest BCUT2D eigenvalue weighted by Gasteiger charge is 2.19. The van der Waals surface area contributed by atoms with E-state index in [2.05, 4.69) is 93.7 Å². The molecule has 0 saturated heterocycles. The van der Waals surface area contributed by atoms with E-state index in [1.165, 1.54) is 205 Å². The Labute approximate surface area is 491 Å². The maximum Gasteiger partial charge on any atom is 0.306 e. The van der Waals surface area contributed by atoms with Gasteiger partial charge in [-0.25, -0.2) is 0 Å². The molecule has 0 aromatic heterocycles. The summed E-state index contributed by atoms with van der Waals surface area (Å²) in [5.41, 5.74) is 0. The quantitative estimate of drug-likeness (QED) is 0.0261. The molecule has 6 nitrogen and oxygen atoms in total. The lowest BCUT2D eigenvalue weighted by Crippen LogP contribution is -2.30. The molecule has 0 aliphatic rings. The van der Waals surface area contributed by atoms with Crippen LogP contribution in [0, 0.1) is 0 Å². The van der Waals surface area contributed by atoms with Gasteiger partial charge in [0.2, 0.25) is 0 Å². The molecule has 0 saturated carbocycles. The smallest absolute Gasteiger partial charge is 0.306 e. The van der Waals surface area contributed by atoms with E-state index < -0.39 is 6.10 Å². The van der Waals surface area contributed by atoms with Gasteiger partial charge in [0, 0.05) is 19.3 Å². The number of hydrogen-bond donors (Lipinski definition) is 0. The lowest BCUT2D eigenvalue weighted by Gasteiger charge is -2.18. The van der Waals surface area contributed by atoms with Gasteiger partial charge in [0.1, 0.15) is 13.2 Å². The lowest BCUT2D eigenvalue weighted by atomic mass is 10.0. The third-order valence-corrected chi connectivity index (χ3v) is 15.2. The average Bonchev–Trinajstić information content (AvgIpc) is 3.45. The number of esters is 3. The molecule has 1 unspecified atom stereocenters. The third-order valence-electron chi connectivity index (χ3n) is 15.2. The first-order valence-electron chi connectivity index (χ1n) is 34.4. The minimum absolute atomic E-state index is 0.0754. The molecule has 0 fully saturated rings. The predicted molar refractivity (Wildman–Crippen MR) is 344 cm³/mol. The van der Waals surface area contributed by atoms with Gasteiger partial charge in [-0.2, -0.15) is 0 Å². The van der Waals surface area contributed by atoms with Crippen molar-refractivity contribution in [2.24, 2.45) is 0 Å². The minimum atomic E-state index is -0.776. The second kappa shape index (κ2) is 67.4. The summed E-state index contributed by atoms with van der Waals surface area (Å²) in [6, 6.07) is 0. The van der Waals surface area contributed by atoms with Crippen LogP contribution in [-0.4, -0.2) is 37.2 Å². The highest BCUT2D eigenvalue weighted by Crippen LogP contribution is 2.18. The molecule has 0 heterocycles. The normalized spacial score (nSPS) is 12.5. The summed E-state index contributed by atoms with van der Waals surface area (Å²) >= 11 is 0. The average molecular weight is 1100 g/mol. The van der Waals surface area contributed by atoms with Crippen LogP contribution in [0.5, 0.6) is 0 Å². The number of rotatable bonds is 63. The molecule has 0 bridgehead atoms. The molecule has 0 aliphatic heterocycles. The molecule has 6 heteroatoms. The van der Waals surface area contributed by atoms with Crippen LogP contribution in [0.1, 0.15) is 355 Å². The van der Waals surface area contributed by atoms with Gasteiger partial charge >= 0.3 is 17.9 Å². The van der Waals surface area contributed by atoms with Crippen molar-refractivity contribution in [2.45, 2.75) is 361 Å². The van der Waals surface area contributed by atoms with E-state index in [-0.39, 0.29) is 31.1 Å². The summed E-state index contributed by atoms with van der Waals surface area (Å²) in [6.07, 6.45) is 88.4. The van der Waals surface area contributed by atoms with E-state index in [1.54, 1.807) is 0 Å². The molecule has 79 heavy (non-hydrogen) atoms. The second-order valence-electron chi connectivity index (χ2n) is 23.1. The van der Waals surface area contributed by atoms with E-state index in [1.807, 2.05) is 0 Å². The van der Waals surface area contributed by atoms with Gasteiger partial charge in [-0.15, -0.1) is 0 Å². The number of unbranched alkanes of at least 4 members (excludes halogenated alkanes) is 40. The highest BCUT2D eigenvalue weighted by atomic mass is 16.6. The van der Waals surface area contributed by atoms with Gasteiger partial charge in [0.25, 0.3) is 0 Å². The van der Waals surface area contributed by atoms with Gasteiger partial charge in [0.15, 0.2) is 6.10 Å². The Morgan fingerprint density at radius 3 is 0.772 bits per heavy atom. The Bertz CT molecular complexity index is 1450. The zero-order chi connectivity index (χ0) is 57.1. The van der Waals surface area contributed by atoms with E-state index in [0.717, 1.165) is 109 Å². The molecule has 0 N–H and O–H groups in total. The molecular weight excluding hydrogens is 973 g/mol. The minimum Gasteiger partial charge on any atom is -0.462 e. The van der Waals surface area contributed by atoms with Crippen molar-refractivity contribution in [2.75, 3.05) is 13.2 Å². The predicted octanol–water partition coefficient (Wildman–Crippen LogP) is 23.7. The fraction of sp³-hybridized carbons (Fsp3) is 0.795. The van der Waals surface area contributed by atoms with Crippen molar-refractivity contribution < 1.29 is 28.6 Å². The number of allylic oxidation sites excluding steroid dienone is 12. The Kier molecular flexibility index (Phi) is 64.7. The monoisotopic (exact) mass is 1100 g/mol. The standard InChI is InChI=1S/C73H130O6/c1-4-7-10-13-15-17-19-21-23-25-27-29-31-33-35-36-38-39-41-43-45-47-49-51-53-55-57-60-63-66-72(75)78-69-70(68-77-71(74)65-62-59-12-9-6-3)79-73(76)67-64-61-58-56-54-52-50-48-46-44-42-40-37-34-32-30-28-26-24-22-20-18-16-14-11-8-5-2/h8,11,16,18,22,24,28,30,34,37,42,44,70H,4-7,9-10,12-15,17,19-21,23,25-27,29,31-33,35-36,38-41,43,45-69H2,1-3H3/b11-8-,18-16-,24-22-,30-28-,37-34-,44-42-. The molecular formula is C73H130O6. The van der Waals surface area contributed by atoms with Crippen LogP contribution in [0.2, 0.25) is 0 Å². The van der Waals surface area contributed by atoms with Crippen molar-refractivity contribution in [3.05, 3.63) is 72.9 Å². The van der Waals surface area contributed by atoms with E-state index >= 15 is 0 Å². The van der Waals surface area contributed by atoms with E-state index in [4.69, 9.17) is 14.2 Å². The van der Waals surface area contributed by atoms with Crippen molar-refractivity contribution in [1.82, 2.24) is 0 Å². The zero-order valence-electron chi connectivity index (χ0n) is 52.6. The maximum atomic E-state index is 12.8. The first-order chi connectivity index (χ1) is 39.0. The van der Waals surface area contributed by atoms with Gasteiger partial charge in [0.05, 0.1) is 0 Å². The SMILES string of the molecule is CC/C=C\C/C=C\C/C=C\C/C=C\C/C=C\C/C=C\CCCCCCCCCCC(=O)OC(COC(=O)CCCCCCC)COC(=O)CCCCCCCCCCCCCCCCCCCCCCCCCCCCCCC. The summed E-state index contributed by atoms with van der Waals surface area (Å²) < 4.78 is 16.8. The number of ether oxygens (including phenoxy) is 3. The first kappa shape index (κ1) is 75.8. The Balaban J connectivity index is 3.99. The molecule has 0 spiro atoms. The summed E-state index contributed by atoms with van der Waals surface area (Å²) in [4.78, 5) is 38.0. The molecule has 0 aliphatic carbocycles. The molecule has 0 radical (unpaired) electrons. The first-order valence-corrected chi connectivity index (χ1v) is 34.4. The molecule has 0 aromatic rings. The number of carbonyl (C=O) groups excluding carboxylic acids is 3. The Morgan fingerprint density at radius 2 is 0.494 bits per heavy atom. The van der Waals surface area contributed by atoms with Crippen LogP contribution < -0.4 is 0 Å². The second-order valence-corrected chi connectivity index (χ2v) is 23.1. The van der Waals surface area contributed by atoms with E-state index in [0.29, 0.717) is 19.3 Å². The van der Waals surface area contributed by atoms with Crippen LogP contribution in [0.15, 0.2) is 72.9 Å². The van der Waals surface area contributed by atoms with Crippen molar-refractivity contribution in [3.8, 4) is 0 Å². The van der Waals surface area contributed by atoms with Gasteiger partial charge in [-0.1, -0.05) is 338 Å². The lowest BCUT2D eigenvalue weighted by molar-refractivity contribution is -0.167. The van der Waals surface area contributed by atoms with Gasteiger partial charge < -0.3 is 14.2 Å². The zero-order valence-corrected chi connectivity index (χ0v) is 52.6. The summed E-state index contributed by atoms with van der Waals surface area (Å²) in [6.45, 7) is 6.48. The van der Waals surface area contributed by atoms with Crippen molar-refractivity contribution in [3.63, 3.8) is 0 Å². The summed E-state index contributed by atoms with van der Waals surface area (Å²) in [7, 11) is 0. The number of hydrogen-bond acceptors (Lipinski definition) is 6. The fourth-order valence-corrected chi connectivity index (χ4v) is 10.1. The molecule has 458 valence electrons. The van der Waals surface area contributed by atoms with Crippen molar-refractivity contribution >= 4 is 17.9 Å². The largest absolute Gasteiger partial charge is 0.462 e. The van der Waals surface area contributed by atoms with Crippen LogP contribution >= 0.6 is 0 Å². The van der Waals surface area contributed by atoms with Crippen LogP contribution in [0.25, 0.3) is 0 Å². The van der Waals surface area contributed by atoms with E-state index in [9.17, 15) is 14.4 Å². The third kappa shape index (κ3) is 65.5. The topological polar surface area (TPSA) is 78.9 Å². The van der Waals surface area contributed by atoms with Crippen LogP contribution in [0.4, 0.5) is 0 Å². The molecule has 1 atom stereocenters.